The maximum atomic E-state index is 11.4. The molecule has 0 aromatic heterocycles. The molecule has 3 aliphatic heterocycles. The maximum absolute atomic E-state index is 11.4. The Morgan fingerprint density at radius 1 is 1.17 bits per heavy atom. The van der Waals surface area contributed by atoms with Crippen molar-refractivity contribution in [3.05, 3.63) is 0 Å². The quantitative estimate of drug-likeness (QED) is 0.175. The summed E-state index contributed by atoms with van der Waals surface area (Å²) < 4.78 is 88.8. The minimum absolute atomic E-state index is 0.00711. The number of epoxide rings is 1. The van der Waals surface area contributed by atoms with E-state index in [0.717, 1.165) is 0 Å². The highest BCUT2D eigenvalue weighted by atomic mass is 32.3. The highest BCUT2D eigenvalue weighted by molar-refractivity contribution is 7.83. The number of ether oxygens (including phenoxy) is 4. The SMILES string of the molecule is O=C(O)C1OCC2O[C@H]2[C@H]1O[C@@H]1OC(COS(=O)(=O)O)C[C@H](O)C1NS(=O)(=O)O. The molecule has 3 fully saturated rings. The van der Waals surface area contributed by atoms with Crippen molar-refractivity contribution in [2.75, 3.05) is 13.2 Å². The van der Waals surface area contributed by atoms with E-state index >= 15 is 0 Å². The summed E-state index contributed by atoms with van der Waals surface area (Å²) in [6.45, 7) is -0.742. The first kappa shape index (κ1) is 22.7. The summed E-state index contributed by atoms with van der Waals surface area (Å²) in [5, 5.41) is 19.5. The van der Waals surface area contributed by atoms with Crippen LogP contribution in [-0.4, -0.2) is 104 Å². The van der Waals surface area contributed by atoms with E-state index < -0.39 is 82.2 Å². The molecule has 0 aromatic carbocycles. The third kappa shape index (κ3) is 6.01. The molecule has 29 heavy (non-hydrogen) atoms. The van der Waals surface area contributed by atoms with Gasteiger partial charge in [-0.3, -0.25) is 9.11 Å². The lowest BCUT2D eigenvalue weighted by Crippen LogP contribution is -2.61. The van der Waals surface area contributed by atoms with Crippen molar-refractivity contribution in [2.24, 2.45) is 0 Å². The zero-order valence-corrected chi connectivity index (χ0v) is 16.1. The molecule has 0 aromatic rings. The topological polar surface area (TPSA) is 228 Å². The Morgan fingerprint density at radius 2 is 1.86 bits per heavy atom. The summed E-state index contributed by atoms with van der Waals surface area (Å²) in [7, 11) is -9.65. The van der Waals surface area contributed by atoms with Crippen LogP contribution >= 0.6 is 0 Å². The number of aliphatic carboxylic acids is 1. The predicted octanol–water partition coefficient (Wildman–Crippen LogP) is -3.32. The predicted molar refractivity (Wildman–Crippen MR) is 86.2 cm³/mol. The highest BCUT2D eigenvalue weighted by Gasteiger charge is 2.57. The van der Waals surface area contributed by atoms with Crippen LogP contribution in [0.4, 0.5) is 0 Å². The number of carbonyl (C=O) groups is 1. The van der Waals surface area contributed by atoms with Gasteiger partial charge < -0.3 is 29.2 Å². The average Bonchev–Trinajstić information content (AvgIpc) is 3.34. The second-order valence-corrected chi connectivity index (χ2v) is 8.87. The van der Waals surface area contributed by atoms with Crippen LogP contribution in [-0.2, 0) is 48.6 Å². The summed E-state index contributed by atoms with van der Waals surface area (Å²) >= 11 is 0. The van der Waals surface area contributed by atoms with E-state index in [2.05, 4.69) is 4.18 Å². The lowest BCUT2D eigenvalue weighted by atomic mass is 10.00. The third-order valence-electron chi connectivity index (χ3n) is 4.45. The van der Waals surface area contributed by atoms with Gasteiger partial charge in [-0.25, -0.2) is 8.98 Å². The van der Waals surface area contributed by atoms with E-state index in [1.54, 1.807) is 4.72 Å². The van der Waals surface area contributed by atoms with Gasteiger partial charge >= 0.3 is 26.7 Å². The normalized spacial score (nSPS) is 40.2. The fourth-order valence-electron chi connectivity index (χ4n) is 3.18. The molecular formula is C12H19NO14S2. The highest BCUT2D eigenvalue weighted by Crippen LogP contribution is 2.37. The third-order valence-corrected chi connectivity index (χ3v) is 5.45. The molecular weight excluding hydrogens is 446 g/mol. The van der Waals surface area contributed by atoms with E-state index in [1.165, 1.54) is 0 Å². The van der Waals surface area contributed by atoms with Crippen LogP contribution < -0.4 is 4.72 Å². The number of fused-ring (bicyclic) bond motifs is 1. The van der Waals surface area contributed by atoms with Gasteiger partial charge in [0, 0.05) is 6.42 Å². The number of carboxylic acid groups (broad SMARTS) is 1. The van der Waals surface area contributed by atoms with Crippen LogP contribution in [0.15, 0.2) is 0 Å². The van der Waals surface area contributed by atoms with Gasteiger partial charge in [0.1, 0.15) is 24.4 Å². The number of hydrogen-bond donors (Lipinski definition) is 5. The van der Waals surface area contributed by atoms with Crippen molar-refractivity contribution < 1.29 is 64.1 Å². The first-order valence-electron chi connectivity index (χ1n) is 8.19. The van der Waals surface area contributed by atoms with Gasteiger partial charge in [0.15, 0.2) is 12.4 Å². The standard InChI is InChI=1S/C12H19NO14S2/c14-5-1-4(2-24-29(20,21)22)25-12(7(5)13-28(17,18)19)27-9-8-6(26-8)3-23-10(9)11(15)16/h4-10,12-14H,1-3H2,(H,15,16)(H,17,18,19)(H,20,21,22)/t4?,5-,6?,7?,8+,9+,10?,12-/m0/s1. The van der Waals surface area contributed by atoms with Crippen LogP contribution in [0, 0.1) is 0 Å². The van der Waals surface area contributed by atoms with Crippen molar-refractivity contribution in [3.8, 4) is 0 Å². The van der Waals surface area contributed by atoms with Crippen molar-refractivity contribution in [1.29, 1.82) is 0 Å². The van der Waals surface area contributed by atoms with Gasteiger partial charge in [-0.15, -0.1) is 0 Å². The summed E-state index contributed by atoms with van der Waals surface area (Å²) in [5.74, 6) is -1.38. The Labute approximate surface area is 164 Å². The van der Waals surface area contributed by atoms with Crippen molar-refractivity contribution >= 4 is 26.7 Å². The molecule has 3 aliphatic rings. The van der Waals surface area contributed by atoms with E-state index in [4.69, 9.17) is 28.1 Å². The molecule has 0 amide bonds. The molecule has 3 heterocycles. The fraction of sp³-hybridized carbons (Fsp3) is 0.917. The van der Waals surface area contributed by atoms with Crippen LogP contribution in [0.3, 0.4) is 0 Å². The van der Waals surface area contributed by atoms with E-state index in [9.17, 15) is 31.8 Å². The van der Waals surface area contributed by atoms with Gasteiger partial charge in [-0.2, -0.15) is 21.6 Å². The average molecular weight is 465 g/mol. The first-order valence-corrected chi connectivity index (χ1v) is 11.0. The lowest BCUT2D eigenvalue weighted by Gasteiger charge is -2.41. The van der Waals surface area contributed by atoms with Crippen LogP contribution in [0.5, 0.6) is 0 Å². The number of aliphatic hydroxyl groups is 1. The van der Waals surface area contributed by atoms with Gasteiger partial charge in [-0.1, -0.05) is 0 Å². The Balaban J connectivity index is 1.78. The van der Waals surface area contributed by atoms with Crippen LogP contribution in [0.25, 0.3) is 0 Å². The molecule has 4 unspecified atom stereocenters. The summed E-state index contributed by atoms with van der Waals surface area (Å²) in [6.07, 6.45) is -8.67. The monoisotopic (exact) mass is 465 g/mol. The Kier molecular flexibility index (Phi) is 6.47. The summed E-state index contributed by atoms with van der Waals surface area (Å²) in [4.78, 5) is 11.4. The molecule has 0 saturated carbocycles. The van der Waals surface area contributed by atoms with Crippen molar-refractivity contribution in [3.63, 3.8) is 0 Å². The van der Waals surface area contributed by atoms with Crippen molar-refractivity contribution in [1.82, 2.24) is 4.72 Å². The second kappa shape index (κ2) is 8.27. The van der Waals surface area contributed by atoms with E-state index in [0.29, 0.717) is 0 Å². The number of carboxylic acids is 1. The molecule has 0 bridgehead atoms. The zero-order chi connectivity index (χ0) is 21.6. The maximum Gasteiger partial charge on any atom is 0.397 e. The van der Waals surface area contributed by atoms with E-state index in [1.807, 2.05) is 0 Å². The molecule has 3 rings (SSSR count). The number of aliphatic hydroxyl groups excluding tert-OH is 1. The number of rotatable bonds is 8. The molecule has 5 N–H and O–H groups in total. The minimum atomic E-state index is -4.83. The number of nitrogens with one attached hydrogen (secondary N) is 1. The van der Waals surface area contributed by atoms with Crippen LogP contribution in [0.1, 0.15) is 6.42 Å². The molecule has 168 valence electrons. The second-order valence-electron chi connectivity index (χ2n) is 6.59. The zero-order valence-electron chi connectivity index (χ0n) is 14.4. The van der Waals surface area contributed by atoms with E-state index in [-0.39, 0.29) is 13.0 Å². The largest absolute Gasteiger partial charge is 0.479 e. The van der Waals surface area contributed by atoms with Crippen molar-refractivity contribution in [2.45, 2.75) is 55.4 Å². The van der Waals surface area contributed by atoms with Gasteiger partial charge in [0.05, 0.1) is 25.4 Å². The lowest BCUT2D eigenvalue weighted by molar-refractivity contribution is -0.266. The Bertz CT molecular complexity index is 830. The Morgan fingerprint density at radius 3 is 2.45 bits per heavy atom. The number of hydrogen-bond acceptors (Lipinski definition) is 11. The van der Waals surface area contributed by atoms with Gasteiger partial charge in [-0.05, 0) is 0 Å². The fourth-order valence-corrected chi connectivity index (χ4v) is 4.12. The molecule has 0 aliphatic carbocycles. The summed E-state index contributed by atoms with van der Waals surface area (Å²) in [6, 6.07) is -1.58. The molecule has 0 spiro atoms. The van der Waals surface area contributed by atoms with Crippen LogP contribution in [0.2, 0.25) is 0 Å². The smallest absolute Gasteiger partial charge is 0.397 e. The van der Waals surface area contributed by atoms with Gasteiger partial charge in [0.2, 0.25) is 0 Å². The Hall–Kier alpha value is -0.990. The molecule has 15 nitrogen and oxygen atoms in total. The molecule has 8 atom stereocenters. The van der Waals surface area contributed by atoms with Gasteiger partial charge in [0.25, 0.3) is 0 Å². The molecule has 3 saturated heterocycles. The molecule has 0 radical (unpaired) electrons. The summed E-state index contributed by atoms with van der Waals surface area (Å²) in [5.41, 5.74) is 0. The first-order chi connectivity index (χ1) is 13.3. The molecule has 17 heteroatoms. The minimum Gasteiger partial charge on any atom is -0.479 e.